The van der Waals surface area contributed by atoms with Crippen molar-refractivity contribution in [3.8, 4) is 0 Å². The van der Waals surface area contributed by atoms with Gasteiger partial charge in [-0.25, -0.2) is 4.39 Å². The van der Waals surface area contributed by atoms with Crippen LogP contribution < -0.4 is 5.32 Å². The van der Waals surface area contributed by atoms with E-state index in [0.29, 0.717) is 5.03 Å². The summed E-state index contributed by atoms with van der Waals surface area (Å²) in [6.07, 6.45) is 1.61. The van der Waals surface area contributed by atoms with Crippen molar-refractivity contribution in [3.05, 3.63) is 66.1 Å². The quantitative estimate of drug-likeness (QED) is 0.509. The zero-order valence-electron chi connectivity index (χ0n) is 14.6. The smallest absolute Gasteiger partial charge is 0.230 e. The van der Waals surface area contributed by atoms with Gasteiger partial charge in [0.2, 0.25) is 5.91 Å². The van der Waals surface area contributed by atoms with Gasteiger partial charge in [0.25, 0.3) is 0 Å². The van der Waals surface area contributed by atoms with Crippen LogP contribution >= 0.6 is 11.8 Å². The highest BCUT2D eigenvalue weighted by atomic mass is 32.2. The van der Waals surface area contributed by atoms with Crippen molar-refractivity contribution in [2.45, 2.75) is 18.0 Å². The Morgan fingerprint density at radius 1 is 1.22 bits per heavy atom. The molecule has 0 saturated heterocycles. The van der Waals surface area contributed by atoms with Crippen LogP contribution in [0, 0.1) is 5.82 Å². The summed E-state index contributed by atoms with van der Waals surface area (Å²) in [5.74, 6) is -0.171. The molecule has 0 aliphatic heterocycles. The number of halogens is 1. The van der Waals surface area contributed by atoms with Crippen LogP contribution in [-0.2, 0) is 4.79 Å². The third kappa shape index (κ3) is 3.64. The normalized spacial score (nSPS) is 12.4. The number of fused-ring (bicyclic) bond motifs is 3. The predicted octanol–water partition coefficient (Wildman–Crippen LogP) is 4.22. The molecule has 5 nitrogen and oxygen atoms in total. The standard InChI is InChI=1S/C20H17FN4OS/c1-12(13-5-3-2-4-6-13)23-18(26)11-27-20-19-16(10-22-25-20)15-9-14(21)7-8-17(15)24-19/h2-10,12,24H,11H2,1H3,(H,23,26)/t12-/m1/s1. The first-order chi connectivity index (χ1) is 13.1. The summed E-state index contributed by atoms with van der Waals surface area (Å²) in [7, 11) is 0. The number of thioether (sulfide) groups is 1. The number of carbonyl (C=O) groups is 1. The van der Waals surface area contributed by atoms with E-state index in [1.807, 2.05) is 37.3 Å². The summed E-state index contributed by atoms with van der Waals surface area (Å²) in [4.78, 5) is 15.6. The van der Waals surface area contributed by atoms with E-state index in [1.165, 1.54) is 23.9 Å². The van der Waals surface area contributed by atoms with Crippen molar-refractivity contribution >= 4 is 39.5 Å². The lowest BCUT2D eigenvalue weighted by atomic mass is 10.1. The van der Waals surface area contributed by atoms with Gasteiger partial charge in [-0.1, -0.05) is 42.1 Å². The Morgan fingerprint density at radius 2 is 2.04 bits per heavy atom. The molecule has 2 aromatic carbocycles. The second-order valence-electron chi connectivity index (χ2n) is 6.24. The molecule has 27 heavy (non-hydrogen) atoms. The molecule has 0 fully saturated rings. The van der Waals surface area contributed by atoms with E-state index >= 15 is 0 Å². The average Bonchev–Trinajstić information content (AvgIpc) is 3.05. The number of benzene rings is 2. The molecule has 0 unspecified atom stereocenters. The number of H-pyrrole nitrogens is 1. The average molecular weight is 380 g/mol. The van der Waals surface area contributed by atoms with Crippen LogP contribution in [0.5, 0.6) is 0 Å². The third-order valence-electron chi connectivity index (χ3n) is 4.37. The topological polar surface area (TPSA) is 70.7 Å². The summed E-state index contributed by atoms with van der Waals surface area (Å²) in [6, 6.07) is 14.3. The van der Waals surface area contributed by atoms with Gasteiger partial charge < -0.3 is 10.3 Å². The molecular weight excluding hydrogens is 363 g/mol. The number of hydrogen-bond acceptors (Lipinski definition) is 4. The Bertz CT molecular complexity index is 1110. The van der Waals surface area contributed by atoms with Crippen LogP contribution in [0.3, 0.4) is 0 Å². The number of rotatable bonds is 5. The summed E-state index contributed by atoms with van der Waals surface area (Å²) in [5, 5.41) is 13.3. The number of hydrogen-bond donors (Lipinski definition) is 2. The molecule has 1 amide bonds. The zero-order chi connectivity index (χ0) is 18.8. The van der Waals surface area contributed by atoms with Crippen LogP contribution in [0.15, 0.2) is 59.8 Å². The number of aromatic nitrogens is 3. The van der Waals surface area contributed by atoms with Gasteiger partial charge in [-0.15, -0.1) is 5.10 Å². The lowest BCUT2D eigenvalue weighted by Crippen LogP contribution is -2.28. The number of aromatic amines is 1. The number of amides is 1. The van der Waals surface area contributed by atoms with Gasteiger partial charge in [-0.3, -0.25) is 4.79 Å². The van der Waals surface area contributed by atoms with Crippen molar-refractivity contribution in [1.29, 1.82) is 0 Å². The van der Waals surface area contributed by atoms with Gasteiger partial charge in [0, 0.05) is 16.3 Å². The Morgan fingerprint density at radius 3 is 2.85 bits per heavy atom. The molecule has 0 saturated carbocycles. The summed E-state index contributed by atoms with van der Waals surface area (Å²) in [6.45, 7) is 1.95. The second kappa shape index (κ2) is 7.36. The highest BCUT2D eigenvalue weighted by Crippen LogP contribution is 2.30. The summed E-state index contributed by atoms with van der Waals surface area (Å²) < 4.78 is 13.5. The summed E-state index contributed by atoms with van der Waals surface area (Å²) in [5.41, 5.74) is 2.63. The monoisotopic (exact) mass is 380 g/mol. The fraction of sp³-hybridized carbons (Fsp3) is 0.150. The van der Waals surface area contributed by atoms with Crippen molar-refractivity contribution in [1.82, 2.24) is 20.5 Å². The van der Waals surface area contributed by atoms with Crippen molar-refractivity contribution in [2.75, 3.05) is 5.75 Å². The third-order valence-corrected chi connectivity index (χ3v) is 5.33. The van der Waals surface area contributed by atoms with Crippen molar-refractivity contribution < 1.29 is 9.18 Å². The van der Waals surface area contributed by atoms with E-state index in [2.05, 4.69) is 20.5 Å². The highest BCUT2D eigenvalue weighted by Gasteiger charge is 2.14. The molecule has 2 heterocycles. The van der Waals surface area contributed by atoms with Gasteiger partial charge >= 0.3 is 0 Å². The fourth-order valence-corrected chi connectivity index (χ4v) is 3.78. The first-order valence-electron chi connectivity index (χ1n) is 8.51. The minimum absolute atomic E-state index is 0.0720. The molecule has 2 N–H and O–H groups in total. The lowest BCUT2D eigenvalue weighted by Gasteiger charge is -2.13. The Kier molecular flexibility index (Phi) is 4.77. The van der Waals surface area contributed by atoms with Gasteiger partial charge in [-0.2, -0.15) is 5.10 Å². The van der Waals surface area contributed by atoms with Crippen LogP contribution in [0.2, 0.25) is 0 Å². The fourth-order valence-electron chi connectivity index (χ4n) is 3.02. The Hall–Kier alpha value is -2.93. The molecule has 0 aliphatic carbocycles. The molecule has 136 valence electrons. The van der Waals surface area contributed by atoms with Gasteiger partial charge in [0.15, 0.2) is 0 Å². The summed E-state index contributed by atoms with van der Waals surface area (Å²) >= 11 is 1.30. The molecule has 4 rings (SSSR count). The first kappa shape index (κ1) is 17.5. The Balaban J connectivity index is 1.50. The zero-order valence-corrected chi connectivity index (χ0v) is 15.4. The van der Waals surface area contributed by atoms with E-state index < -0.39 is 0 Å². The molecular formula is C20H17FN4OS. The van der Waals surface area contributed by atoms with Crippen LogP contribution in [0.4, 0.5) is 4.39 Å². The minimum atomic E-state index is -0.302. The number of nitrogens with zero attached hydrogens (tertiary/aromatic N) is 2. The van der Waals surface area contributed by atoms with Gasteiger partial charge in [-0.05, 0) is 30.7 Å². The van der Waals surface area contributed by atoms with Crippen LogP contribution in [-0.4, -0.2) is 26.8 Å². The van der Waals surface area contributed by atoms with E-state index in [0.717, 1.165) is 27.4 Å². The van der Waals surface area contributed by atoms with Crippen molar-refractivity contribution in [2.24, 2.45) is 0 Å². The molecule has 1 atom stereocenters. The lowest BCUT2D eigenvalue weighted by molar-refractivity contribution is -0.119. The van der Waals surface area contributed by atoms with E-state index in [-0.39, 0.29) is 23.5 Å². The van der Waals surface area contributed by atoms with Crippen molar-refractivity contribution in [3.63, 3.8) is 0 Å². The number of nitrogens with one attached hydrogen (secondary N) is 2. The molecule has 7 heteroatoms. The predicted molar refractivity (Wildman–Crippen MR) is 105 cm³/mol. The maximum Gasteiger partial charge on any atom is 0.230 e. The van der Waals surface area contributed by atoms with E-state index in [9.17, 15) is 9.18 Å². The maximum absolute atomic E-state index is 13.5. The van der Waals surface area contributed by atoms with E-state index in [4.69, 9.17) is 0 Å². The molecule has 0 radical (unpaired) electrons. The van der Waals surface area contributed by atoms with E-state index in [1.54, 1.807) is 12.3 Å². The van der Waals surface area contributed by atoms with Crippen LogP contribution in [0.1, 0.15) is 18.5 Å². The molecule has 0 spiro atoms. The molecule has 0 bridgehead atoms. The van der Waals surface area contributed by atoms with Gasteiger partial charge in [0.05, 0.1) is 23.5 Å². The molecule has 4 aromatic rings. The molecule has 2 aromatic heterocycles. The Labute approximate surface area is 159 Å². The second-order valence-corrected chi connectivity index (χ2v) is 7.21. The minimum Gasteiger partial charge on any atom is -0.352 e. The van der Waals surface area contributed by atoms with Gasteiger partial charge in [0.1, 0.15) is 10.8 Å². The number of carbonyl (C=O) groups excluding carboxylic acids is 1. The molecule has 0 aliphatic rings. The largest absolute Gasteiger partial charge is 0.352 e. The van der Waals surface area contributed by atoms with Crippen LogP contribution in [0.25, 0.3) is 21.8 Å². The SMILES string of the molecule is C[C@@H](NC(=O)CSc1nncc2c1[nH]c1ccc(F)cc12)c1ccccc1. The maximum atomic E-state index is 13.5. The highest BCUT2D eigenvalue weighted by molar-refractivity contribution is 8.00. The first-order valence-corrected chi connectivity index (χ1v) is 9.50.